The molecule has 0 saturated heterocycles. The van der Waals surface area contributed by atoms with Crippen molar-refractivity contribution < 1.29 is 4.79 Å². The first-order chi connectivity index (χ1) is 10.2. The first-order valence-corrected chi connectivity index (χ1v) is 7.21. The SMILES string of the molecule is CC(=O)CCC(C#N)C(c1ccccc1)c1ccccc1. The minimum Gasteiger partial charge on any atom is -0.300 e. The first kappa shape index (κ1) is 15.0. The van der Waals surface area contributed by atoms with Crippen molar-refractivity contribution in [2.24, 2.45) is 5.92 Å². The highest BCUT2D eigenvalue weighted by Gasteiger charge is 2.24. The standard InChI is InChI=1S/C19H19NO/c1-15(21)12-13-18(14-20)19(16-8-4-2-5-9-16)17-10-6-3-7-11-17/h2-11,18-19H,12-13H2,1H3. The zero-order valence-electron chi connectivity index (χ0n) is 12.2. The molecular weight excluding hydrogens is 258 g/mol. The number of ketones is 1. The van der Waals surface area contributed by atoms with Gasteiger partial charge in [0, 0.05) is 12.3 Å². The van der Waals surface area contributed by atoms with Crippen LogP contribution in [0.4, 0.5) is 0 Å². The number of nitriles is 1. The number of benzene rings is 2. The molecule has 0 aliphatic carbocycles. The maximum Gasteiger partial charge on any atom is 0.129 e. The van der Waals surface area contributed by atoms with Crippen LogP contribution in [0.15, 0.2) is 60.7 Å². The molecule has 2 rings (SSSR count). The number of carbonyl (C=O) groups excluding carboxylic acids is 1. The minimum absolute atomic E-state index is 0.0109. The van der Waals surface area contributed by atoms with E-state index in [4.69, 9.17) is 0 Å². The monoisotopic (exact) mass is 277 g/mol. The Morgan fingerprint density at radius 3 is 1.86 bits per heavy atom. The Labute approximate surface area is 126 Å². The van der Waals surface area contributed by atoms with Crippen LogP contribution in [0.2, 0.25) is 0 Å². The van der Waals surface area contributed by atoms with Gasteiger partial charge in [-0.05, 0) is 24.5 Å². The van der Waals surface area contributed by atoms with Crippen LogP contribution in [-0.4, -0.2) is 5.78 Å². The van der Waals surface area contributed by atoms with Gasteiger partial charge in [0.05, 0.1) is 12.0 Å². The molecule has 1 unspecified atom stereocenters. The first-order valence-electron chi connectivity index (χ1n) is 7.21. The van der Waals surface area contributed by atoms with Crippen LogP contribution in [0, 0.1) is 17.2 Å². The van der Waals surface area contributed by atoms with Gasteiger partial charge in [0.25, 0.3) is 0 Å². The van der Waals surface area contributed by atoms with Crippen LogP contribution in [0.5, 0.6) is 0 Å². The molecule has 0 bridgehead atoms. The van der Waals surface area contributed by atoms with E-state index >= 15 is 0 Å². The average Bonchev–Trinajstić information content (AvgIpc) is 2.53. The van der Waals surface area contributed by atoms with Crippen LogP contribution >= 0.6 is 0 Å². The van der Waals surface area contributed by atoms with E-state index in [1.54, 1.807) is 6.92 Å². The third-order valence-electron chi connectivity index (χ3n) is 3.69. The molecule has 106 valence electrons. The van der Waals surface area contributed by atoms with Crippen molar-refractivity contribution >= 4 is 5.78 Å². The molecule has 0 N–H and O–H groups in total. The van der Waals surface area contributed by atoms with Gasteiger partial charge in [-0.25, -0.2) is 0 Å². The van der Waals surface area contributed by atoms with E-state index in [-0.39, 0.29) is 17.6 Å². The molecule has 2 aromatic rings. The molecule has 21 heavy (non-hydrogen) atoms. The highest BCUT2D eigenvalue weighted by molar-refractivity contribution is 5.75. The number of Topliss-reactive ketones (excluding diaryl/α,β-unsaturated/α-hetero) is 1. The average molecular weight is 277 g/mol. The summed E-state index contributed by atoms with van der Waals surface area (Å²) in [6, 6.07) is 22.5. The van der Waals surface area contributed by atoms with E-state index in [0.29, 0.717) is 12.8 Å². The summed E-state index contributed by atoms with van der Waals surface area (Å²) >= 11 is 0. The molecule has 2 aromatic carbocycles. The van der Waals surface area contributed by atoms with Crippen LogP contribution in [0.3, 0.4) is 0 Å². The fourth-order valence-electron chi connectivity index (χ4n) is 2.64. The number of nitrogens with zero attached hydrogens (tertiary/aromatic N) is 1. The fourth-order valence-corrected chi connectivity index (χ4v) is 2.64. The van der Waals surface area contributed by atoms with Crippen molar-refractivity contribution in [3.63, 3.8) is 0 Å². The van der Waals surface area contributed by atoms with Gasteiger partial charge in [0.1, 0.15) is 5.78 Å². The highest BCUT2D eigenvalue weighted by Crippen LogP contribution is 2.34. The van der Waals surface area contributed by atoms with E-state index in [0.717, 1.165) is 11.1 Å². The van der Waals surface area contributed by atoms with E-state index in [2.05, 4.69) is 30.3 Å². The van der Waals surface area contributed by atoms with Crippen molar-refractivity contribution in [2.75, 3.05) is 0 Å². The molecule has 0 aliphatic heterocycles. The second kappa shape index (κ2) is 7.40. The van der Waals surface area contributed by atoms with Gasteiger partial charge < -0.3 is 4.79 Å². The molecule has 0 spiro atoms. The zero-order valence-corrected chi connectivity index (χ0v) is 12.2. The van der Waals surface area contributed by atoms with Gasteiger partial charge in [-0.15, -0.1) is 0 Å². The Kier molecular flexibility index (Phi) is 5.29. The predicted octanol–water partition coefficient (Wildman–Crippen LogP) is 4.33. The van der Waals surface area contributed by atoms with Crippen molar-refractivity contribution in [2.45, 2.75) is 25.7 Å². The Balaban J connectivity index is 2.36. The Morgan fingerprint density at radius 2 is 1.48 bits per heavy atom. The highest BCUT2D eigenvalue weighted by atomic mass is 16.1. The number of rotatable bonds is 6. The van der Waals surface area contributed by atoms with Gasteiger partial charge in [-0.1, -0.05) is 60.7 Å². The lowest BCUT2D eigenvalue weighted by molar-refractivity contribution is -0.117. The number of carbonyl (C=O) groups is 1. The predicted molar refractivity (Wildman–Crippen MR) is 83.7 cm³/mol. The maximum atomic E-state index is 11.3. The largest absolute Gasteiger partial charge is 0.300 e. The molecule has 0 radical (unpaired) electrons. The quantitative estimate of drug-likeness (QED) is 0.788. The van der Waals surface area contributed by atoms with Crippen LogP contribution < -0.4 is 0 Å². The fraction of sp³-hybridized carbons (Fsp3) is 0.263. The second-order valence-electron chi connectivity index (χ2n) is 5.28. The molecule has 0 aliphatic rings. The Bertz CT molecular complexity index is 574. The van der Waals surface area contributed by atoms with E-state index in [1.165, 1.54) is 0 Å². The van der Waals surface area contributed by atoms with Crippen molar-refractivity contribution in [3.05, 3.63) is 71.8 Å². The lowest BCUT2D eigenvalue weighted by Crippen LogP contribution is -2.14. The van der Waals surface area contributed by atoms with E-state index in [9.17, 15) is 10.1 Å². The summed E-state index contributed by atoms with van der Waals surface area (Å²) in [5.41, 5.74) is 2.25. The topological polar surface area (TPSA) is 40.9 Å². The van der Waals surface area contributed by atoms with Crippen LogP contribution in [0.1, 0.15) is 36.8 Å². The smallest absolute Gasteiger partial charge is 0.129 e. The van der Waals surface area contributed by atoms with Crippen molar-refractivity contribution in [1.29, 1.82) is 5.26 Å². The van der Waals surface area contributed by atoms with Gasteiger partial charge in [-0.3, -0.25) is 0 Å². The third kappa shape index (κ3) is 4.03. The summed E-state index contributed by atoms with van der Waals surface area (Å²) in [6.07, 6.45) is 1.05. The van der Waals surface area contributed by atoms with E-state index < -0.39 is 0 Å². The Morgan fingerprint density at radius 1 is 1.00 bits per heavy atom. The third-order valence-corrected chi connectivity index (χ3v) is 3.69. The summed E-state index contributed by atoms with van der Waals surface area (Å²) in [5.74, 6) is -0.0504. The van der Waals surface area contributed by atoms with Crippen LogP contribution in [-0.2, 0) is 4.79 Å². The summed E-state index contributed by atoms with van der Waals surface area (Å²) in [5, 5.41) is 9.57. The molecule has 0 fully saturated rings. The summed E-state index contributed by atoms with van der Waals surface area (Å²) < 4.78 is 0. The normalized spacial score (nSPS) is 11.9. The van der Waals surface area contributed by atoms with Gasteiger partial charge >= 0.3 is 0 Å². The van der Waals surface area contributed by atoms with Crippen molar-refractivity contribution in [3.8, 4) is 6.07 Å². The van der Waals surface area contributed by atoms with Crippen molar-refractivity contribution in [1.82, 2.24) is 0 Å². The number of hydrogen-bond acceptors (Lipinski definition) is 2. The maximum absolute atomic E-state index is 11.3. The van der Waals surface area contributed by atoms with Gasteiger partial charge in [0.15, 0.2) is 0 Å². The van der Waals surface area contributed by atoms with E-state index in [1.807, 2.05) is 36.4 Å². The lowest BCUT2D eigenvalue weighted by Gasteiger charge is -2.23. The second-order valence-corrected chi connectivity index (χ2v) is 5.28. The number of hydrogen-bond donors (Lipinski definition) is 0. The molecular formula is C19H19NO. The summed E-state index contributed by atoms with van der Waals surface area (Å²) in [6.45, 7) is 1.58. The molecule has 2 heteroatoms. The van der Waals surface area contributed by atoms with Gasteiger partial charge in [-0.2, -0.15) is 5.26 Å². The van der Waals surface area contributed by atoms with Gasteiger partial charge in [0.2, 0.25) is 0 Å². The Hall–Kier alpha value is -2.40. The zero-order chi connectivity index (χ0) is 15.1. The summed E-state index contributed by atoms with van der Waals surface area (Å²) in [7, 11) is 0. The minimum atomic E-state index is -0.196. The molecule has 2 nitrogen and oxygen atoms in total. The van der Waals surface area contributed by atoms with Crippen LogP contribution in [0.25, 0.3) is 0 Å². The lowest BCUT2D eigenvalue weighted by atomic mass is 9.79. The molecule has 0 amide bonds. The summed E-state index contributed by atoms with van der Waals surface area (Å²) in [4.78, 5) is 11.3. The molecule has 0 aromatic heterocycles. The molecule has 1 atom stereocenters. The molecule has 0 heterocycles. The molecule has 0 saturated carbocycles.